The maximum absolute atomic E-state index is 11.7. The Kier molecular flexibility index (Phi) is 3.33. The second-order valence-corrected chi connectivity index (χ2v) is 5.38. The molecule has 2 aliphatic rings. The van der Waals surface area contributed by atoms with E-state index in [1.807, 2.05) is 0 Å². The van der Waals surface area contributed by atoms with Gasteiger partial charge in [-0.2, -0.15) is 4.37 Å². The molecule has 1 N–H and O–H groups in total. The summed E-state index contributed by atoms with van der Waals surface area (Å²) in [6.07, 6.45) is 2.18. The van der Waals surface area contributed by atoms with Gasteiger partial charge in [0, 0.05) is 30.4 Å². The predicted octanol–water partition coefficient (Wildman–Crippen LogP) is 1.20. The molecule has 0 radical (unpaired) electrons. The number of amides is 2. The summed E-state index contributed by atoms with van der Waals surface area (Å²) in [5, 5.41) is 3.25. The van der Waals surface area contributed by atoms with Gasteiger partial charge in [-0.3, -0.25) is 4.79 Å². The van der Waals surface area contributed by atoms with Crippen molar-refractivity contribution in [2.45, 2.75) is 25.2 Å². The number of ether oxygens (including phenoxy) is 1. The quantitative estimate of drug-likeness (QED) is 0.877. The number of nitrogens with zero attached hydrogens (tertiary/aromatic N) is 3. The summed E-state index contributed by atoms with van der Waals surface area (Å²) < 4.78 is 9.00. The van der Waals surface area contributed by atoms with E-state index >= 15 is 0 Å². The largest absolute Gasteiger partial charge is 0.448 e. The van der Waals surface area contributed by atoms with Crippen molar-refractivity contribution in [3.05, 3.63) is 5.82 Å². The molecule has 7 nitrogen and oxygen atoms in total. The molecule has 8 heteroatoms. The normalized spacial score (nSPS) is 18.5. The lowest BCUT2D eigenvalue weighted by atomic mass is 10.3. The maximum Gasteiger partial charge on any atom is 0.409 e. The zero-order valence-electron chi connectivity index (χ0n) is 10.3. The van der Waals surface area contributed by atoms with Gasteiger partial charge in [0.05, 0.1) is 6.54 Å². The van der Waals surface area contributed by atoms with Crippen LogP contribution in [0.3, 0.4) is 0 Å². The zero-order valence-corrected chi connectivity index (χ0v) is 11.1. The molecule has 2 heterocycles. The molecule has 2 amide bonds. The van der Waals surface area contributed by atoms with Crippen LogP contribution in [0.1, 0.15) is 31.0 Å². The first-order valence-electron chi connectivity index (χ1n) is 6.27. The number of hydrogen-bond acceptors (Lipinski definition) is 6. The third-order valence-corrected chi connectivity index (χ3v) is 3.73. The molecule has 1 saturated heterocycles. The molecule has 0 bridgehead atoms. The zero-order chi connectivity index (χ0) is 13.2. The topological polar surface area (TPSA) is 84.4 Å². The van der Waals surface area contributed by atoms with Crippen LogP contribution in [0.25, 0.3) is 0 Å². The molecule has 1 saturated carbocycles. The summed E-state index contributed by atoms with van der Waals surface area (Å²) >= 11 is 1.21. The third-order valence-electron chi connectivity index (χ3n) is 3.08. The molecular weight excluding hydrogens is 268 g/mol. The minimum atomic E-state index is -0.347. The van der Waals surface area contributed by atoms with E-state index in [4.69, 9.17) is 4.74 Å². The fraction of sp³-hybridized carbons (Fsp3) is 0.636. The lowest BCUT2D eigenvalue weighted by molar-refractivity contribution is -0.116. The molecule has 0 aromatic carbocycles. The van der Waals surface area contributed by atoms with Crippen LogP contribution in [0.4, 0.5) is 9.93 Å². The highest BCUT2D eigenvalue weighted by molar-refractivity contribution is 7.09. The highest BCUT2D eigenvalue weighted by Gasteiger charge is 2.28. The van der Waals surface area contributed by atoms with E-state index < -0.39 is 0 Å². The Bertz CT molecular complexity index is 500. The van der Waals surface area contributed by atoms with E-state index in [1.54, 1.807) is 0 Å². The van der Waals surface area contributed by atoms with Crippen LogP contribution in [0, 0.1) is 0 Å². The summed E-state index contributed by atoms with van der Waals surface area (Å²) in [6.45, 7) is 1.33. The molecule has 0 atom stereocenters. The van der Waals surface area contributed by atoms with Gasteiger partial charge in [-0.25, -0.2) is 9.78 Å². The van der Waals surface area contributed by atoms with Crippen LogP contribution >= 0.6 is 11.5 Å². The fourth-order valence-electron chi connectivity index (χ4n) is 1.84. The monoisotopic (exact) mass is 282 g/mol. The number of carbonyl (C=O) groups is 2. The number of carbonyl (C=O) groups excluding carboxylic acids is 2. The smallest absolute Gasteiger partial charge is 0.409 e. The Morgan fingerprint density at radius 1 is 1.53 bits per heavy atom. The fourth-order valence-corrected chi connectivity index (χ4v) is 2.50. The number of hydrogen-bond donors (Lipinski definition) is 1. The highest BCUT2D eigenvalue weighted by Crippen LogP contribution is 2.39. The van der Waals surface area contributed by atoms with Crippen LogP contribution in [0.2, 0.25) is 0 Å². The molecule has 102 valence electrons. The number of nitrogens with one attached hydrogen (secondary N) is 1. The summed E-state index contributed by atoms with van der Waals surface area (Å²) in [6, 6.07) is 0. The van der Waals surface area contributed by atoms with Gasteiger partial charge in [0.25, 0.3) is 0 Å². The second kappa shape index (κ2) is 5.12. The molecule has 1 aliphatic carbocycles. The third kappa shape index (κ3) is 3.01. The Balaban J connectivity index is 1.46. The lowest BCUT2D eigenvalue weighted by Crippen LogP contribution is -2.28. The molecule has 2 fully saturated rings. The Hall–Kier alpha value is -1.70. The first-order valence-corrected chi connectivity index (χ1v) is 7.05. The molecule has 1 aromatic heterocycles. The molecule has 0 unspecified atom stereocenters. The molecule has 19 heavy (non-hydrogen) atoms. The minimum Gasteiger partial charge on any atom is -0.448 e. The van der Waals surface area contributed by atoms with Crippen molar-refractivity contribution in [3.63, 3.8) is 0 Å². The van der Waals surface area contributed by atoms with E-state index in [9.17, 15) is 9.59 Å². The first-order chi connectivity index (χ1) is 9.22. The molecule has 0 spiro atoms. The van der Waals surface area contributed by atoms with Gasteiger partial charge in [0.2, 0.25) is 11.0 Å². The standard InChI is InChI=1S/C11H14N4O3S/c16-8(3-4-15-5-6-18-11(15)17)12-10-13-9(14-19-10)7-1-2-7/h7H,1-6H2,(H,12,13,14,16). The number of cyclic esters (lactones) is 1. The van der Waals surface area contributed by atoms with Crippen molar-refractivity contribution in [1.29, 1.82) is 0 Å². The minimum absolute atomic E-state index is 0.154. The van der Waals surface area contributed by atoms with Crippen molar-refractivity contribution >= 4 is 28.7 Å². The maximum atomic E-state index is 11.7. The second-order valence-electron chi connectivity index (χ2n) is 4.63. The van der Waals surface area contributed by atoms with Crippen LogP contribution < -0.4 is 5.32 Å². The molecule has 1 aliphatic heterocycles. The van der Waals surface area contributed by atoms with Crippen molar-refractivity contribution in [1.82, 2.24) is 14.3 Å². The lowest BCUT2D eigenvalue weighted by Gasteiger charge is -2.11. The van der Waals surface area contributed by atoms with Gasteiger partial charge < -0.3 is 15.0 Å². The van der Waals surface area contributed by atoms with Crippen molar-refractivity contribution < 1.29 is 14.3 Å². The SMILES string of the molecule is O=C(CCN1CCOC1=O)Nc1nc(C2CC2)ns1. The van der Waals surface area contributed by atoms with Crippen molar-refractivity contribution in [2.75, 3.05) is 25.0 Å². The van der Waals surface area contributed by atoms with E-state index in [-0.39, 0.29) is 18.4 Å². The van der Waals surface area contributed by atoms with Gasteiger partial charge in [-0.1, -0.05) is 0 Å². The van der Waals surface area contributed by atoms with E-state index in [1.165, 1.54) is 16.4 Å². The van der Waals surface area contributed by atoms with Gasteiger partial charge >= 0.3 is 6.09 Å². The van der Waals surface area contributed by atoms with E-state index in [0.717, 1.165) is 18.7 Å². The number of anilines is 1. The first kappa shape index (κ1) is 12.3. The number of rotatable bonds is 5. The van der Waals surface area contributed by atoms with Gasteiger partial charge in [-0.15, -0.1) is 0 Å². The van der Waals surface area contributed by atoms with Crippen molar-refractivity contribution in [2.24, 2.45) is 0 Å². The number of aromatic nitrogens is 2. The van der Waals surface area contributed by atoms with E-state index in [2.05, 4.69) is 14.7 Å². The average molecular weight is 282 g/mol. The van der Waals surface area contributed by atoms with E-state index in [0.29, 0.717) is 30.7 Å². The summed E-state index contributed by atoms with van der Waals surface area (Å²) in [5.41, 5.74) is 0. The Morgan fingerprint density at radius 2 is 2.37 bits per heavy atom. The Morgan fingerprint density at radius 3 is 3.05 bits per heavy atom. The summed E-state index contributed by atoms with van der Waals surface area (Å²) in [7, 11) is 0. The van der Waals surface area contributed by atoms with Crippen LogP contribution in [-0.4, -0.2) is 46.0 Å². The van der Waals surface area contributed by atoms with Crippen LogP contribution in [-0.2, 0) is 9.53 Å². The summed E-state index contributed by atoms with van der Waals surface area (Å²) in [5.74, 6) is 1.17. The van der Waals surface area contributed by atoms with Crippen molar-refractivity contribution in [3.8, 4) is 0 Å². The Labute approximate surface area is 114 Å². The molecule has 3 rings (SSSR count). The van der Waals surface area contributed by atoms with Gasteiger partial charge in [-0.05, 0) is 12.8 Å². The van der Waals surface area contributed by atoms with Gasteiger partial charge in [0.1, 0.15) is 12.4 Å². The predicted molar refractivity (Wildman–Crippen MR) is 68.1 cm³/mol. The van der Waals surface area contributed by atoms with Crippen LogP contribution in [0.5, 0.6) is 0 Å². The van der Waals surface area contributed by atoms with Gasteiger partial charge in [0.15, 0.2) is 0 Å². The summed E-state index contributed by atoms with van der Waals surface area (Å²) in [4.78, 5) is 28.7. The van der Waals surface area contributed by atoms with Crippen LogP contribution in [0.15, 0.2) is 0 Å². The average Bonchev–Trinajstić information content (AvgIpc) is 3.01. The molecular formula is C11H14N4O3S. The molecule has 1 aromatic rings. The highest BCUT2D eigenvalue weighted by atomic mass is 32.1.